The van der Waals surface area contributed by atoms with E-state index in [0.29, 0.717) is 0 Å². The van der Waals surface area contributed by atoms with E-state index in [2.05, 4.69) is 29.6 Å². The van der Waals surface area contributed by atoms with Gasteiger partial charge in [0.2, 0.25) is 0 Å². The van der Waals surface area contributed by atoms with Gasteiger partial charge in [-0.1, -0.05) is 80.1 Å². The van der Waals surface area contributed by atoms with Crippen molar-refractivity contribution in [3.8, 4) is 11.1 Å². The standard InChI is InChI=1S/C29H33NO4/c1-4-19-14-18(3)15-20(5-2)27(19)28(32)26(31)16-30-29(33)34-17-25-23-12-8-6-10-21(23)22-11-7-9-13-24(22)25/h6-15,25-26,28,31-32H,4-5,16-17H2,1-3H3,(H,30,33). The Morgan fingerprint density at radius 2 is 1.47 bits per heavy atom. The highest BCUT2D eigenvalue weighted by atomic mass is 16.5. The lowest BCUT2D eigenvalue weighted by atomic mass is 9.89. The molecule has 0 aliphatic heterocycles. The summed E-state index contributed by atoms with van der Waals surface area (Å²) in [5.74, 6) is -0.0274. The van der Waals surface area contributed by atoms with Gasteiger partial charge in [-0.15, -0.1) is 0 Å². The van der Waals surface area contributed by atoms with Gasteiger partial charge < -0.3 is 20.3 Å². The maximum absolute atomic E-state index is 12.5. The molecule has 3 N–H and O–H groups in total. The molecule has 0 fully saturated rings. The van der Waals surface area contributed by atoms with Crippen LogP contribution in [0.5, 0.6) is 0 Å². The summed E-state index contributed by atoms with van der Waals surface area (Å²) in [6.45, 7) is 6.20. The third-order valence-electron chi connectivity index (χ3n) is 6.72. The molecule has 3 aromatic rings. The number of carbonyl (C=O) groups excluding carboxylic acids is 1. The van der Waals surface area contributed by atoms with Crippen molar-refractivity contribution in [2.45, 2.75) is 51.7 Å². The van der Waals surface area contributed by atoms with Gasteiger partial charge in [-0.3, -0.25) is 0 Å². The Kier molecular flexibility index (Phi) is 7.35. The number of hydrogen-bond acceptors (Lipinski definition) is 4. The van der Waals surface area contributed by atoms with Crippen LogP contribution in [-0.2, 0) is 17.6 Å². The molecule has 2 unspecified atom stereocenters. The summed E-state index contributed by atoms with van der Waals surface area (Å²) in [4.78, 5) is 12.5. The predicted octanol–water partition coefficient (Wildman–Crippen LogP) is 5.05. The summed E-state index contributed by atoms with van der Waals surface area (Å²) in [5.41, 5.74) is 8.56. The van der Waals surface area contributed by atoms with Gasteiger partial charge in [0.25, 0.3) is 0 Å². The monoisotopic (exact) mass is 459 g/mol. The van der Waals surface area contributed by atoms with E-state index in [9.17, 15) is 15.0 Å². The van der Waals surface area contributed by atoms with Gasteiger partial charge in [-0.25, -0.2) is 4.79 Å². The molecule has 0 aromatic heterocycles. The van der Waals surface area contributed by atoms with Gasteiger partial charge in [0.15, 0.2) is 0 Å². The number of fused-ring (bicyclic) bond motifs is 3. The number of carbonyl (C=O) groups is 1. The molecule has 0 bridgehead atoms. The number of aliphatic hydroxyl groups is 2. The Hall–Kier alpha value is -3.15. The lowest BCUT2D eigenvalue weighted by molar-refractivity contribution is 0.0176. The quantitative estimate of drug-likeness (QED) is 0.440. The van der Waals surface area contributed by atoms with Crippen LogP contribution < -0.4 is 5.32 Å². The maximum atomic E-state index is 12.5. The third-order valence-corrected chi connectivity index (χ3v) is 6.72. The number of benzene rings is 3. The maximum Gasteiger partial charge on any atom is 0.407 e. The molecule has 2 atom stereocenters. The van der Waals surface area contributed by atoms with Crippen LogP contribution in [0.1, 0.15) is 59.3 Å². The van der Waals surface area contributed by atoms with Gasteiger partial charge in [0.05, 0.1) is 0 Å². The summed E-state index contributed by atoms with van der Waals surface area (Å²) < 4.78 is 5.54. The summed E-state index contributed by atoms with van der Waals surface area (Å²) in [6, 6.07) is 20.4. The van der Waals surface area contributed by atoms with Crippen LogP contribution in [0.25, 0.3) is 11.1 Å². The fraction of sp³-hybridized carbons (Fsp3) is 0.345. The second-order valence-electron chi connectivity index (χ2n) is 8.92. The van der Waals surface area contributed by atoms with Crippen LogP contribution in [0.2, 0.25) is 0 Å². The SMILES string of the molecule is CCc1cc(C)cc(CC)c1C(O)C(O)CNC(=O)OCC1c2ccccc2-c2ccccc21. The molecule has 3 aromatic carbocycles. The second-order valence-corrected chi connectivity index (χ2v) is 8.92. The molecule has 4 rings (SSSR count). The van der Waals surface area contributed by atoms with Crippen molar-refractivity contribution >= 4 is 6.09 Å². The van der Waals surface area contributed by atoms with Crippen LogP contribution >= 0.6 is 0 Å². The van der Waals surface area contributed by atoms with Gasteiger partial charge in [-0.2, -0.15) is 0 Å². The largest absolute Gasteiger partial charge is 0.449 e. The lowest BCUT2D eigenvalue weighted by Crippen LogP contribution is -2.36. The first kappa shape index (κ1) is 24.0. The minimum absolute atomic E-state index is 0.0274. The molecule has 1 aliphatic rings. The molecule has 178 valence electrons. The van der Waals surface area contributed by atoms with Crippen molar-refractivity contribution in [3.05, 3.63) is 94.0 Å². The Morgan fingerprint density at radius 3 is 2.00 bits per heavy atom. The molecule has 0 saturated carbocycles. The Labute approximate surface area is 201 Å². The van der Waals surface area contributed by atoms with Gasteiger partial charge in [0, 0.05) is 12.5 Å². The molecule has 0 heterocycles. The molecular formula is C29H33NO4. The molecule has 34 heavy (non-hydrogen) atoms. The van der Waals surface area contributed by atoms with Crippen molar-refractivity contribution in [1.29, 1.82) is 0 Å². The Bertz CT molecular complexity index is 1100. The smallest absolute Gasteiger partial charge is 0.407 e. The normalized spacial score (nSPS) is 14.3. The van der Waals surface area contributed by atoms with E-state index in [1.807, 2.05) is 57.2 Å². The number of alkyl carbamates (subject to hydrolysis) is 1. The number of amides is 1. The average molecular weight is 460 g/mol. The van der Waals surface area contributed by atoms with Crippen LogP contribution in [0.4, 0.5) is 4.79 Å². The van der Waals surface area contributed by atoms with E-state index in [1.165, 1.54) is 11.1 Å². The van der Waals surface area contributed by atoms with Crippen molar-refractivity contribution < 1.29 is 19.7 Å². The Morgan fingerprint density at radius 1 is 0.941 bits per heavy atom. The zero-order valence-electron chi connectivity index (χ0n) is 20.0. The minimum Gasteiger partial charge on any atom is -0.449 e. The highest BCUT2D eigenvalue weighted by Gasteiger charge is 2.29. The average Bonchev–Trinajstić information content (AvgIpc) is 3.18. The molecule has 5 nitrogen and oxygen atoms in total. The first-order valence-electron chi connectivity index (χ1n) is 12.0. The molecule has 0 radical (unpaired) electrons. The summed E-state index contributed by atoms with van der Waals surface area (Å²) in [7, 11) is 0. The lowest BCUT2D eigenvalue weighted by Gasteiger charge is -2.24. The first-order chi connectivity index (χ1) is 16.4. The van der Waals surface area contributed by atoms with Gasteiger partial charge in [-0.05, 0) is 58.7 Å². The summed E-state index contributed by atoms with van der Waals surface area (Å²) in [6.07, 6.45) is -1.32. The fourth-order valence-electron chi connectivity index (χ4n) is 5.06. The number of rotatable bonds is 8. The number of aliphatic hydroxyl groups excluding tert-OH is 2. The topological polar surface area (TPSA) is 78.8 Å². The second kappa shape index (κ2) is 10.4. The van der Waals surface area contributed by atoms with Crippen molar-refractivity contribution in [3.63, 3.8) is 0 Å². The zero-order chi connectivity index (χ0) is 24.2. The molecule has 1 amide bonds. The molecule has 1 aliphatic carbocycles. The van der Waals surface area contributed by atoms with E-state index in [4.69, 9.17) is 4.74 Å². The van der Waals surface area contributed by atoms with Crippen molar-refractivity contribution in [1.82, 2.24) is 5.32 Å². The number of ether oxygens (including phenoxy) is 1. The van der Waals surface area contributed by atoms with Crippen LogP contribution in [0.3, 0.4) is 0 Å². The van der Waals surface area contributed by atoms with Crippen LogP contribution in [-0.4, -0.2) is 35.6 Å². The highest BCUT2D eigenvalue weighted by molar-refractivity contribution is 5.79. The van der Waals surface area contributed by atoms with Crippen LogP contribution in [0, 0.1) is 6.92 Å². The number of aryl methyl sites for hydroxylation is 3. The van der Waals surface area contributed by atoms with Crippen LogP contribution in [0.15, 0.2) is 60.7 Å². The predicted molar refractivity (Wildman–Crippen MR) is 134 cm³/mol. The van der Waals surface area contributed by atoms with E-state index in [1.54, 1.807) is 0 Å². The third kappa shape index (κ3) is 4.72. The molecule has 5 heteroatoms. The van der Waals surface area contributed by atoms with E-state index >= 15 is 0 Å². The Balaban J connectivity index is 1.38. The van der Waals surface area contributed by atoms with E-state index < -0.39 is 18.3 Å². The fourth-order valence-corrected chi connectivity index (χ4v) is 5.06. The van der Waals surface area contributed by atoms with Gasteiger partial charge in [0.1, 0.15) is 18.8 Å². The number of hydrogen-bond donors (Lipinski definition) is 3. The first-order valence-corrected chi connectivity index (χ1v) is 12.0. The number of nitrogens with one attached hydrogen (secondary N) is 1. The zero-order valence-corrected chi connectivity index (χ0v) is 20.0. The molecule has 0 saturated heterocycles. The summed E-state index contributed by atoms with van der Waals surface area (Å²) in [5, 5.41) is 24.2. The highest BCUT2D eigenvalue weighted by Crippen LogP contribution is 2.44. The molecular weight excluding hydrogens is 426 g/mol. The minimum atomic E-state index is -1.14. The van der Waals surface area contributed by atoms with Crippen molar-refractivity contribution in [2.75, 3.05) is 13.2 Å². The van der Waals surface area contributed by atoms with Crippen molar-refractivity contribution in [2.24, 2.45) is 0 Å². The van der Waals surface area contributed by atoms with Gasteiger partial charge >= 0.3 is 6.09 Å². The summed E-state index contributed by atoms with van der Waals surface area (Å²) >= 11 is 0. The van der Waals surface area contributed by atoms with E-state index in [-0.39, 0.29) is 19.1 Å². The van der Waals surface area contributed by atoms with E-state index in [0.717, 1.165) is 46.2 Å². The molecule has 0 spiro atoms.